The summed E-state index contributed by atoms with van der Waals surface area (Å²) in [6, 6.07) is 8.86. The number of hydrogen-bond acceptors (Lipinski definition) is 7. The second kappa shape index (κ2) is 13.0. The van der Waals surface area contributed by atoms with Crippen molar-refractivity contribution in [2.24, 2.45) is 0 Å². The minimum absolute atomic E-state index is 0.0205. The number of nitrogens with zero attached hydrogens (tertiary/aromatic N) is 5. The van der Waals surface area contributed by atoms with E-state index in [-0.39, 0.29) is 29.7 Å². The largest absolute Gasteiger partial charge is 0.416 e. The number of anilines is 1. The molecule has 3 aliphatic rings. The molecule has 0 spiro atoms. The van der Waals surface area contributed by atoms with Crippen LogP contribution in [-0.4, -0.2) is 75.9 Å². The maximum Gasteiger partial charge on any atom is 0.416 e. The van der Waals surface area contributed by atoms with Crippen LogP contribution >= 0.6 is 11.8 Å². The van der Waals surface area contributed by atoms with Gasteiger partial charge in [0.1, 0.15) is 23.7 Å². The third kappa shape index (κ3) is 6.07. The van der Waals surface area contributed by atoms with Crippen LogP contribution in [0.2, 0.25) is 0 Å². The average Bonchev–Trinajstić information content (AvgIpc) is 3.71. The summed E-state index contributed by atoms with van der Waals surface area (Å²) in [6.45, 7) is 2.69. The number of fused-ring (bicyclic) bond motifs is 1. The fraction of sp³-hybridized carbons (Fsp3) is 0.406. The molecule has 3 aliphatic heterocycles. The molecular formula is C32H30F4N6O4S. The van der Waals surface area contributed by atoms with Crippen LogP contribution in [-0.2, 0) is 15.7 Å². The molecule has 3 amide bonds. The van der Waals surface area contributed by atoms with Gasteiger partial charge in [-0.05, 0) is 55.7 Å². The van der Waals surface area contributed by atoms with Crippen LogP contribution in [0.25, 0.3) is 0 Å². The van der Waals surface area contributed by atoms with Crippen LogP contribution in [0.4, 0.5) is 23.4 Å². The molecule has 246 valence electrons. The first kappa shape index (κ1) is 32.5. The number of nitriles is 1. The summed E-state index contributed by atoms with van der Waals surface area (Å²) in [5.74, 6) is -2.71. The number of alkyl halides is 3. The van der Waals surface area contributed by atoms with Crippen molar-refractivity contribution in [3.63, 3.8) is 0 Å². The SMILES string of the molecule is CCN1C(=O)C(NC(=O)c2cccc(C(F)(F)F)c2)C(c2ccc(F)cc2)c2c(C(=O)N3CSCC3C#N)nn(C3CCOCC3)c21. The second-order valence-corrected chi connectivity index (χ2v) is 12.4. The van der Waals surface area contributed by atoms with Gasteiger partial charge in [0, 0.05) is 42.6 Å². The average molecular weight is 671 g/mol. The number of halogens is 4. The minimum Gasteiger partial charge on any atom is -0.381 e. The maximum absolute atomic E-state index is 14.4. The van der Waals surface area contributed by atoms with Crippen molar-refractivity contribution in [1.29, 1.82) is 5.26 Å². The van der Waals surface area contributed by atoms with Gasteiger partial charge in [-0.2, -0.15) is 23.5 Å². The van der Waals surface area contributed by atoms with E-state index in [2.05, 4.69) is 11.4 Å². The molecular weight excluding hydrogens is 640 g/mol. The monoisotopic (exact) mass is 670 g/mol. The van der Waals surface area contributed by atoms with Gasteiger partial charge in [-0.3, -0.25) is 19.3 Å². The smallest absolute Gasteiger partial charge is 0.381 e. The number of hydrogen-bond donors (Lipinski definition) is 1. The van der Waals surface area contributed by atoms with Gasteiger partial charge < -0.3 is 15.0 Å². The van der Waals surface area contributed by atoms with Crippen molar-refractivity contribution >= 4 is 35.3 Å². The molecule has 2 aromatic carbocycles. The van der Waals surface area contributed by atoms with Gasteiger partial charge in [0.15, 0.2) is 5.69 Å². The molecule has 3 aromatic rings. The molecule has 2 saturated heterocycles. The van der Waals surface area contributed by atoms with Crippen LogP contribution < -0.4 is 10.2 Å². The molecule has 2 fully saturated rings. The Balaban J connectivity index is 1.54. The van der Waals surface area contributed by atoms with Gasteiger partial charge >= 0.3 is 6.18 Å². The van der Waals surface area contributed by atoms with E-state index < -0.39 is 53.3 Å². The van der Waals surface area contributed by atoms with Gasteiger partial charge in [-0.15, -0.1) is 11.8 Å². The molecule has 1 N–H and O–H groups in total. The first-order chi connectivity index (χ1) is 22.5. The fourth-order valence-corrected chi connectivity index (χ4v) is 7.42. The van der Waals surface area contributed by atoms with Crippen LogP contribution in [0.5, 0.6) is 0 Å². The van der Waals surface area contributed by atoms with E-state index in [0.29, 0.717) is 54.8 Å². The molecule has 0 saturated carbocycles. The van der Waals surface area contributed by atoms with E-state index in [0.717, 1.165) is 12.1 Å². The predicted octanol–water partition coefficient (Wildman–Crippen LogP) is 4.73. The van der Waals surface area contributed by atoms with Crippen molar-refractivity contribution in [3.05, 3.63) is 82.3 Å². The molecule has 15 heteroatoms. The number of thioether (sulfide) groups is 1. The maximum atomic E-state index is 14.4. The van der Waals surface area contributed by atoms with Gasteiger partial charge in [0.05, 0.1) is 23.6 Å². The van der Waals surface area contributed by atoms with Crippen LogP contribution in [0.1, 0.15) is 69.3 Å². The Labute approximate surface area is 271 Å². The molecule has 1 aromatic heterocycles. The Morgan fingerprint density at radius 3 is 2.53 bits per heavy atom. The number of carbonyl (C=O) groups excluding carboxylic acids is 3. The summed E-state index contributed by atoms with van der Waals surface area (Å²) < 4.78 is 61.9. The molecule has 4 heterocycles. The van der Waals surface area contributed by atoms with Crippen LogP contribution in [0.3, 0.4) is 0 Å². The predicted molar refractivity (Wildman–Crippen MR) is 163 cm³/mol. The Morgan fingerprint density at radius 2 is 1.87 bits per heavy atom. The number of likely N-dealkylation sites (N-methyl/N-ethyl adjacent to an activating group) is 1. The van der Waals surface area contributed by atoms with Crippen LogP contribution in [0.15, 0.2) is 48.5 Å². The molecule has 3 unspecified atom stereocenters. The standard InChI is InChI=1S/C32H30F4N6O4S/c1-2-40-29-25(27(31(45)41-17-47-16-23(41)15-37)39-42(29)22-10-12-46-13-11-22)24(18-6-8-21(33)9-7-18)26(30(40)44)38-28(43)19-4-3-5-20(14-19)32(34,35)36/h3-9,14,22-24,26H,2,10-13,16-17H2,1H3,(H,38,43). The third-order valence-electron chi connectivity index (χ3n) is 8.67. The van der Waals surface area contributed by atoms with Crippen molar-refractivity contribution in [1.82, 2.24) is 20.0 Å². The highest BCUT2D eigenvalue weighted by Crippen LogP contribution is 2.45. The van der Waals surface area contributed by atoms with Crippen molar-refractivity contribution in [2.75, 3.05) is 36.3 Å². The first-order valence-corrected chi connectivity index (χ1v) is 16.2. The highest BCUT2D eigenvalue weighted by molar-refractivity contribution is 7.99. The number of aromatic nitrogens is 2. The highest BCUT2D eigenvalue weighted by Gasteiger charge is 2.49. The summed E-state index contributed by atoms with van der Waals surface area (Å²) >= 11 is 1.41. The van der Waals surface area contributed by atoms with Crippen molar-refractivity contribution in [3.8, 4) is 6.07 Å². The lowest BCUT2D eigenvalue weighted by Gasteiger charge is -2.39. The fourth-order valence-electron chi connectivity index (χ4n) is 6.34. The van der Waals surface area contributed by atoms with Gasteiger partial charge in [-0.1, -0.05) is 18.2 Å². The van der Waals surface area contributed by atoms with Crippen molar-refractivity contribution < 1.29 is 36.7 Å². The summed E-state index contributed by atoms with van der Waals surface area (Å²) in [5.41, 5.74) is -0.696. The van der Waals surface area contributed by atoms with E-state index in [1.54, 1.807) is 11.6 Å². The quantitative estimate of drug-likeness (QED) is 0.377. The zero-order valence-corrected chi connectivity index (χ0v) is 26.0. The normalized spacial score (nSPS) is 21.8. The number of nitrogens with one attached hydrogen (secondary N) is 1. The highest BCUT2D eigenvalue weighted by atomic mass is 32.2. The topological polar surface area (TPSA) is 121 Å². The molecule has 10 nitrogen and oxygen atoms in total. The van der Waals surface area contributed by atoms with Gasteiger partial charge in [-0.25, -0.2) is 9.07 Å². The van der Waals surface area contributed by atoms with E-state index in [9.17, 15) is 37.2 Å². The van der Waals surface area contributed by atoms with Crippen LogP contribution in [0, 0.1) is 17.1 Å². The zero-order valence-electron chi connectivity index (χ0n) is 25.2. The van der Waals surface area contributed by atoms with Gasteiger partial charge in [0.25, 0.3) is 17.7 Å². The summed E-state index contributed by atoms with van der Waals surface area (Å²) in [7, 11) is 0. The Morgan fingerprint density at radius 1 is 1.15 bits per heavy atom. The Hall–Kier alpha value is -4.42. The number of amides is 3. The minimum atomic E-state index is -4.70. The zero-order chi connectivity index (χ0) is 33.5. The molecule has 0 bridgehead atoms. The number of benzene rings is 2. The van der Waals surface area contributed by atoms with E-state index >= 15 is 0 Å². The number of carbonyl (C=O) groups is 3. The lowest BCUT2D eigenvalue weighted by atomic mass is 9.80. The Bertz CT molecular complexity index is 1730. The summed E-state index contributed by atoms with van der Waals surface area (Å²) in [4.78, 5) is 45.1. The molecule has 3 atom stereocenters. The lowest BCUT2D eigenvalue weighted by molar-refractivity contribution is -0.137. The number of rotatable bonds is 6. The first-order valence-electron chi connectivity index (χ1n) is 15.1. The molecule has 0 aliphatic carbocycles. The summed E-state index contributed by atoms with van der Waals surface area (Å²) in [5, 5.41) is 17.2. The Kier molecular flexibility index (Phi) is 8.99. The molecule has 6 rings (SSSR count). The van der Waals surface area contributed by atoms with Gasteiger partial charge in [0.2, 0.25) is 0 Å². The molecule has 0 radical (unpaired) electrons. The third-order valence-corrected chi connectivity index (χ3v) is 9.68. The number of ether oxygens (including phenoxy) is 1. The van der Waals surface area contributed by atoms with E-state index in [1.807, 2.05) is 0 Å². The van der Waals surface area contributed by atoms with E-state index in [4.69, 9.17) is 9.84 Å². The summed E-state index contributed by atoms with van der Waals surface area (Å²) in [6.07, 6.45) is -3.61. The molecule has 47 heavy (non-hydrogen) atoms. The van der Waals surface area contributed by atoms with Crippen molar-refractivity contribution in [2.45, 2.75) is 50.0 Å². The lowest BCUT2D eigenvalue weighted by Crippen LogP contribution is -2.56. The van der Waals surface area contributed by atoms with E-state index in [1.165, 1.54) is 51.9 Å². The second-order valence-electron chi connectivity index (χ2n) is 11.4.